The van der Waals surface area contributed by atoms with Crippen molar-refractivity contribution in [3.63, 3.8) is 0 Å². The number of aromatic nitrogens is 3. The summed E-state index contributed by atoms with van der Waals surface area (Å²) in [6.07, 6.45) is -0.251. The van der Waals surface area contributed by atoms with E-state index in [9.17, 15) is 0 Å². The third-order valence-electron chi connectivity index (χ3n) is 4.08. The first-order chi connectivity index (χ1) is 13.1. The van der Waals surface area contributed by atoms with Crippen LogP contribution in [0.15, 0.2) is 53.7 Å². The van der Waals surface area contributed by atoms with E-state index in [0.29, 0.717) is 11.5 Å². The van der Waals surface area contributed by atoms with Crippen molar-refractivity contribution in [2.24, 2.45) is 0 Å². The molecule has 1 unspecified atom stereocenters. The fourth-order valence-electron chi connectivity index (χ4n) is 2.69. The van der Waals surface area contributed by atoms with E-state index in [-0.39, 0.29) is 6.10 Å². The molecular formula is C20H22ClN3O2S. The van der Waals surface area contributed by atoms with E-state index in [1.807, 2.05) is 55.5 Å². The van der Waals surface area contributed by atoms with Crippen molar-refractivity contribution in [1.29, 1.82) is 0 Å². The smallest absolute Gasteiger partial charge is 0.191 e. The molecule has 0 fully saturated rings. The third-order valence-corrected chi connectivity index (χ3v) is 5.37. The first-order valence-electron chi connectivity index (χ1n) is 8.72. The molecule has 0 bridgehead atoms. The van der Waals surface area contributed by atoms with Crippen LogP contribution in [0.25, 0.3) is 0 Å². The lowest BCUT2D eigenvalue weighted by molar-refractivity contribution is 0.200. The van der Waals surface area contributed by atoms with Crippen molar-refractivity contribution in [3.05, 3.63) is 64.9 Å². The third kappa shape index (κ3) is 4.76. The maximum absolute atomic E-state index is 6.08. The molecule has 0 aliphatic carbocycles. The van der Waals surface area contributed by atoms with Crippen LogP contribution >= 0.6 is 23.4 Å². The van der Waals surface area contributed by atoms with Crippen LogP contribution in [0.1, 0.15) is 31.3 Å². The summed E-state index contributed by atoms with van der Waals surface area (Å²) in [5.41, 5.74) is 1.19. The highest BCUT2D eigenvalue weighted by atomic mass is 35.5. The molecule has 0 amide bonds. The van der Waals surface area contributed by atoms with E-state index >= 15 is 0 Å². The van der Waals surface area contributed by atoms with E-state index in [4.69, 9.17) is 21.1 Å². The zero-order chi connectivity index (χ0) is 19.2. The number of para-hydroxylation sites is 2. The van der Waals surface area contributed by atoms with Gasteiger partial charge in [-0.3, -0.25) is 0 Å². The number of hydrogen-bond donors (Lipinski definition) is 0. The van der Waals surface area contributed by atoms with Gasteiger partial charge < -0.3 is 14.0 Å². The SMILES string of the molecule is CCn1c(SCc2ccc(Cl)cc2)nnc1C(C)Oc1ccccc1OC. The fourth-order valence-corrected chi connectivity index (χ4v) is 3.78. The summed E-state index contributed by atoms with van der Waals surface area (Å²) in [5.74, 6) is 2.98. The quantitative estimate of drug-likeness (QED) is 0.472. The summed E-state index contributed by atoms with van der Waals surface area (Å²) in [4.78, 5) is 0. The summed E-state index contributed by atoms with van der Waals surface area (Å²) in [5, 5.41) is 10.3. The van der Waals surface area contributed by atoms with Crippen molar-refractivity contribution < 1.29 is 9.47 Å². The van der Waals surface area contributed by atoms with Gasteiger partial charge in [0.05, 0.1) is 7.11 Å². The summed E-state index contributed by atoms with van der Waals surface area (Å²) in [6, 6.07) is 15.4. The van der Waals surface area contributed by atoms with Gasteiger partial charge in [0.25, 0.3) is 0 Å². The molecule has 3 rings (SSSR count). The maximum Gasteiger partial charge on any atom is 0.191 e. The molecule has 27 heavy (non-hydrogen) atoms. The van der Waals surface area contributed by atoms with Crippen molar-refractivity contribution >= 4 is 23.4 Å². The Morgan fingerprint density at radius 2 is 1.78 bits per heavy atom. The number of benzene rings is 2. The lowest BCUT2D eigenvalue weighted by Gasteiger charge is -2.17. The van der Waals surface area contributed by atoms with E-state index in [2.05, 4.69) is 21.7 Å². The summed E-state index contributed by atoms with van der Waals surface area (Å²) in [7, 11) is 1.63. The number of halogens is 1. The van der Waals surface area contributed by atoms with Crippen LogP contribution in [0.4, 0.5) is 0 Å². The second-order valence-electron chi connectivity index (χ2n) is 5.91. The average Bonchev–Trinajstić information content (AvgIpc) is 3.11. The molecule has 2 aromatic carbocycles. The lowest BCUT2D eigenvalue weighted by Crippen LogP contribution is -2.12. The van der Waals surface area contributed by atoms with Gasteiger partial charge in [-0.1, -0.05) is 47.6 Å². The highest BCUT2D eigenvalue weighted by Gasteiger charge is 2.20. The van der Waals surface area contributed by atoms with Crippen LogP contribution in [-0.4, -0.2) is 21.9 Å². The Kier molecular flexibility index (Phi) is 6.63. The molecule has 1 atom stereocenters. The topological polar surface area (TPSA) is 49.2 Å². The molecule has 0 spiro atoms. The molecule has 0 saturated carbocycles. The van der Waals surface area contributed by atoms with Crippen LogP contribution in [0, 0.1) is 0 Å². The van der Waals surface area contributed by atoms with Gasteiger partial charge in [-0.05, 0) is 43.7 Å². The predicted octanol–water partition coefficient (Wildman–Crippen LogP) is 5.39. The molecule has 5 nitrogen and oxygen atoms in total. The van der Waals surface area contributed by atoms with E-state index in [0.717, 1.165) is 28.3 Å². The highest BCUT2D eigenvalue weighted by Crippen LogP contribution is 2.31. The Hall–Kier alpha value is -2.18. The van der Waals surface area contributed by atoms with Gasteiger partial charge >= 0.3 is 0 Å². The minimum Gasteiger partial charge on any atom is -0.493 e. The predicted molar refractivity (Wildman–Crippen MR) is 109 cm³/mol. The Labute approximate surface area is 168 Å². The van der Waals surface area contributed by atoms with Crippen molar-refractivity contribution in [1.82, 2.24) is 14.8 Å². The monoisotopic (exact) mass is 403 g/mol. The van der Waals surface area contributed by atoms with Crippen molar-refractivity contribution in [2.45, 2.75) is 37.4 Å². The van der Waals surface area contributed by atoms with Gasteiger partial charge in [0.2, 0.25) is 0 Å². The molecule has 0 aliphatic heterocycles. The Bertz CT molecular complexity index is 883. The lowest BCUT2D eigenvalue weighted by atomic mass is 10.2. The number of nitrogens with zero attached hydrogens (tertiary/aromatic N) is 3. The summed E-state index contributed by atoms with van der Waals surface area (Å²) >= 11 is 7.60. The van der Waals surface area contributed by atoms with Crippen LogP contribution in [-0.2, 0) is 12.3 Å². The zero-order valence-corrected chi connectivity index (χ0v) is 17.1. The second-order valence-corrected chi connectivity index (χ2v) is 7.29. The van der Waals surface area contributed by atoms with Gasteiger partial charge in [0.1, 0.15) is 0 Å². The van der Waals surface area contributed by atoms with Gasteiger partial charge in [0, 0.05) is 17.3 Å². The summed E-state index contributed by atoms with van der Waals surface area (Å²) < 4.78 is 13.5. The van der Waals surface area contributed by atoms with Crippen molar-refractivity contribution in [3.8, 4) is 11.5 Å². The van der Waals surface area contributed by atoms with Crippen LogP contribution in [0.5, 0.6) is 11.5 Å². The Morgan fingerprint density at radius 1 is 1.07 bits per heavy atom. The highest BCUT2D eigenvalue weighted by molar-refractivity contribution is 7.98. The van der Waals surface area contributed by atoms with E-state index in [1.165, 1.54) is 5.56 Å². The van der Waals surface area contributed by atoms with Crippen molar-refractivity contribution in [2.75, 3.05) is 7.11 Å². The average molecular weight is 404 g/mol. The van der Waals surface area contributed by atoms with E-state index < -0.39 is 0 Å². The molecular weight excluding hydrogens is 382 g/mol. The molecule has 0 N–H and O–H groups in total. The van der Waals surface area contributed by atoms with Crippen LogP contribution in [0.2, 0.25) is 5.02 Å². The number of rotatable bonds is 8. The molecule has 0 aliphatic rings. The van der Waals surface area contributed by atoms with Gasteiger partial charge in [-0.15, -0.1) is 10.2 Å². The maximum atomic E-state index is 6.08. The Balaban J connectivity index is 1.73. The molecule has 1 aromatic heterocycles. The number of hydrogen-bond acceptors (Lipinski definition) is 5. The van der Waals surface area contributed by atoms with E-state index in [1.54, 1.807) is 18.9 Å². The molecule has 3 aromatic rings. The van der Waals surface area contributed by atoms with Gasteiger partial charge in [-0.25, -0.2) is 0 Å². The van der Waals surface area contributed by atoms with Gasteiger partial charge in [0.15, 0.2) is 28.6 Å². The largest absolute Gasteiger partial charge is 0.493 e. The summed E-state index contributed by atoms with van der Waals surface area (Å²) in [6.45, 7) is 4.82. The second kappa shape index (κ2) is 9.15. The molecule has 0 saturated heterocycles. The zero-order valence-electron chi connectivity index (χ0n) is 15.6. The normalized spacial score (nSPS) is 12.0. The molecule has 7 heteroatoms. The fraction of sp³-hybridized carbons (Fsp3) is 0.300. The first kappa shape index (κ1) is 19.6. The number of thioether (sulfide) groups is 1. The molecule has 1 heterocycles. The number of methoxy groups -OCH3 is 1. The molecule has 0 radical (unpaired) electrons. The van der Waals surface area contributed by atoms with Crippen LogP contribution in [0.3, 0.4) is 0 Å². The first-order valence-corrected chi connectivity index (χ1v) is 10.1. The minimum atomic E-state index is -0.251. The van der Waals surface area contributed by atoms with Crippen LogP contribution < -0.4 is 9.47 Å². The minimum absolute atomic E-state index is 0.251. The standard InChI is InChI=1S/C20H22ClN3O2S/c1-4-24-19(14(2)26-18-8-6-5-7-17(18)25-3)22-23-20(24)27-13-15-9-11-16(21)12-10-15/h5-12,14H,4,13H2,1-3H3. The number of ether oxygens (including phenoxy) is 2. The van der Waals surface area contributed by atoms with Gasteiger partial charge in [-0.2, -0.15) is 0 Å². The Morgan fingerprint density at radius 3 is 2.44 bits per heavy atom. The molecule has 142 valence electrons.